The van der Waals surface area contributed by atoms with Crippen molar-refractivity contribution in [2.24, 2.45) is 11.5 Å². The van der Waals surface area contributed by atoms with E-state index in [-0.39, 0.29) is 0 Å². The van der Waals surface area contributed by atoms with Crippen molar-refractivity contribution < 1.29 is 18.7 Å². The standard InChI is InChI=1S/C20H18N4O2/c21-19(25)17-7-3-9-23(13-17)11-15-5-1-2-6-16(15)12-24-10-4-8-18(14-24)20(22)26/h1-10,13-14H,11-12H2,(H2-2,21,22,25,26)/p+2. The second-order valence-electron chi connectivity index (χ2n) is 6.03. The molecule has 0 fully saturated rings. The maximum atomic E-state index is 11.4. The van der Waals surface area contributed by atoms with Gasteiger partial charge >= 0.3 is 0 Å². The molecule has 0 bridgehead atoms. The quantitative estimate of drug-likeness (QED) is 0.637. The van der Waals surface area contributed by atoms with Crippen LogP contribution in [0.15, 0.2) is 73.3 Å². The lowest BCUT2D eigenvalue weighted by molar-refractivity contribution is -0.693. The lowest BCUT2D eigenvalue weighted by atomic mass is 10.1. The molecule has 3 aromatic rings. The number of amides is 2. The molecule has 6 heteroatoms. The van der Waals surface area contributed by atoms with Gasteiger partial charge in [-0.2, -0.15) is 9.13 Å². The third-order valence-corrected chi connectivity index (χ3v) is 4.11. The van der Waals surface area contributed by atoms with Gasteiger partial charge in [0.2, 0.25) is 0 Å². The number of nitrogens with zero attached hydrogens (tertiary/aromatic N) is 2. The van der Waals surface area contributed by atoms with Crippen molar-refractivity contribution in [2.75, 3.05) is 0 Å². The van der Waals surface area contributed by atoms with Gasteiger partial charge in [-0.25, -0.2) is 0 Å². The van der Waals surface area contributed by atoms with E-state index in [1.54, 1.807) is 36.7 Å². The van der Waals surface area contributed by atoms with Crippen LogP contribution in [0.3, 0.4) is 0 Å². The maximum Gasteiger partial charge on any atom is 0.254 e. The van der Waals surface area contributed by atoms with Crippen molar-refractivity contribution in [1.29, 1.82) is 0 Å². The van der Waals surface area contributed by atoms with Gasteiger partial charge in [-0.05, 0) is 12.1 Å². The lowest BCUT2D eigenvalue weighted by Crippen LogP contribution is -2.38. The van der Waals surface area contributed by atoms with Crippen molar-refractivity contribution in [3.05, 3.63) is 95.6 Å². The minimum absolute atomic E-state index is 0.452. The topological polar surface area (TPSA) is 93.9 Å². The number of rotatable bonds is 6. The minimum atomic E-state index is -0.452. The summed E-state index contributed by atoms with van der Waals surface area (Å²) in [6.45, 7) is 1.21. The van der Waals surface area contributed by atoms with Crippen LogP contribution in [-0.4, -0.2) is 11.8 Å². The molecule has 0 aliphatic carbocycles. The molecule has 0 saturated heterocycles. The zero-order valence-corrected chi connectivity index (χ0v) is 14.2. The third-order valence-electron chi connectivity index (χ3n) is 4.11. The molecule has 0 spiro atoms. The van der Waals surface area contributed by atoms with Gasteiger partial charge in [0.05, 0.1) is 0 Å². The Morgan fingerprint density at radius 3 is 1.50 bits per heavy atom. The van der Waals surface area contributed by atoms with Crippen LogP contribution in [0.4, 0.5) is 0 Å². The molecule has 0 atom stereocenters. The molecular formula is C20H20N4O2+2. The number of aromatic nitrogens is 2. The highest BCUT2D eigenvalue weighted by Gasteiger charge is 2.14. The summed E-state index contributed by atoms with van der Waals surface area (Å²) in [7, 11) is 0. The first kappa shape index (κ1) is 17.3. The molecule has 6 nitrogen and oxygen atoms in total. The molecule has 2 aromatic heterocycles. The SMILES string of the molecule is NC(=O)c1ccc[n+](Cc2ccccc2C[n+]2cccc(C(N)=O)c2)c1. The van der Waals surface area contributed by atoms with E-state index in [1.165, 1.54) is 0 Å². The minimum Gasteiger partial charge on any atom is -0.365 e. The Kier molecular flexibility index (Phi) is 5.03. The van der Waals surface area contributed by atoms with Crippen LogP contribution in [0, 0.1) is 0 Å². The Labute approximate surface area is 151 Å². The molecule has 2 heterocycles. The van der Waals surface area contributed by atoms with Crippen molar-refractivity contribution in [3.63, 3.8) is 0 Å². The Bertz CT molecular complexity index is 891. The first-order valence-electron chi connectivity index (χ1n) is 8.17. The summed E-state index contributed by atoms with van der Waals surface area (Å²) in [6.07, 6.45) is 7.26. The fraction of sp³-hybridized carbons (Fsp3) is 0.100. The van der Waals surface area contributed by atoms with Crippen molar-refractivity contribution in [3.8, 4) is 0 Å². The third kappa shape index (κ3) is 4.10. The molecule has 3 rings (SSSR count). The second kappa shape index (κ2) is 7.57. The number of pyridine rings is 2. The Morgan fingerprint density at radius 1 is 0.692 bits per heavy atom. The van der Waals surface area contributed by atoms with E-state index in [1.807, 2.05) is 45.8 Å². The average molecular weight is 348 g/mol. The summed E-state index contributed by atoms with van der Waals surface area (Å²) >= 11 is 0. The smallest absolute Gasteiger partial charge is 0.254 e. The van der Waals surface area contributed by atoms with Gasteiger partial charge in [-0.1, -0.05) is 24.3 Å². The van der Waals surface area contributed by atoms with Gasteiger partial charge in [-0.15, -0.1) is 0 Å². The molecule has 0 unspecified atom stereocenters. The van der Waals surface area contributed by atoms with Crippen LogP contribution < -0.4 is 20.6 Å². The van der Waals surface area contributed by atoms with Crippen molar-refractivity contribution in [1.82, 2.24) is 0 Å². The van der Waals surface area contributed by atoms with Gasteiger partial charge < -0.3 is 11.5 Å². The van der Waals surface area contributed by atoms with Crippen LogP contribution in [-0.2, 0) is 13.1 Å². The number of nitrogens with two attached hydrogens (primary N) is 2. The highest BCUT2D eigenvalue weighted by atomic mass is 16.1. The van der Waals surface area contributed by atoms with Gasteiger partial charge in [0.15, 0.2) is 37.9 Å². The molecule has 26 heavy (non-hydrogen) atoms. The number of primary amides is 2. The van der Waals surface area contributed by atoms with Gasteiger partial charge in [0, 0.05) is 23.3 Å². The first-order valence-corrected chi connectivity index (χ1v) is 8.17. The second-order valence-corrected chi connectivity index (χ2v) is 6.03. The Balaban J connectivity index is 1.87. The summed E-state index contributed by atoms with van der Waals surface area (Å²) in [4.78, 5) is 22.7. The van der Waals surface area contributed by atoms with E-state index in [0.717, 1.165) is 11.1 Å². The van der Waals surface area contributed by atoms with Gasteiger partial charge in [-0.3, -0.25) is 9.59 Å². The number of benzene rings is 1. The molecule has 4 N–H and O–H groups in total. The van der Waals surface area contributed by atoms with E-state index in [9.17, 15) is 9.59 Å². The summed E-state index contributed by atoms with van der Waals surface area (Å²) in [5, 5.41) is 0. The number of carbonyl (C=O) groups is 2. The van der Waals surface area contributed by atoms with Crippen molar-refractivity contribution in [2.45, 2.75) is 13.1 Å². The highest BCUT2D eigenvalue weighted by Crippen LogP contribution is 2.09. The van der Waals surface area contributed by atoms with Gasteiger partial charge in [0.1, 0.15) is 11.1 Å². The summed E-state index contributed by atoms with van der Waals surface area (Å²) in [6, 6.07) is 15.0. The fourth-order valence-corrected chi connectivity index (χ4v) is 2.79. The van der Waals surface area contributed by atoms with Crippen molar-refractivity contribution >= 4 is 11.8 Å². The largest absolute Gasteiger partial charge is 0.365 e. The molecular weight excluding hydrogens is 328 g/mol. The zero-order chi connectivity index (χ0) is 18.5. The zero-order valence-electron chi connectivity index (χ0n) is 14.2. The monoisotopic (exact) mass is 348 g/mol. The van der Waals surface area contributed by atoms with E-state index < -0.39 is 11.8 Å². The molecule has 1 aromatic carbocycles. The molecule has 130 valence electrons. The van der Waals surface area contributed by atoms with Gasteiger partial charge in [0.25, 0.3) is 11.8 Å². The molecule has 2 amide bonds. The number of carbonyl (C=O) groups excluding carboxylic acids is 2. The molecule has 0 aliphatic rings. The Morgan fingerprint density at radius 2 is 1.12 bits per heavy atom. The first-order chi connectivity index (χ1) is 12.5. The van der Waals surface area contributed by atoms with E-state index in [2.05, 4.69) is 0 Å². The molecule has 0 radical (unpaired) electrons. The normalized spacial score (nSPS) is 10.5. The highest BCUT2D eigenvalue weighted by molar-refractivity contribution is 5.92. The number of hydrogen-bond donors (Lipinski definition) is 2. The fourth-order valence-electron chi connectivity index (χ4n) is 2.79. The lowest BCUT2D eigenvalue weighted by Gasteiger charge is -2.05. The van der Waals surface area contributed by atoms with Crippen LogP contribution >= 0.6 is 0 Å². The summed E-state index contributed by atoms with van der Waals surface area (Å²) in [5.41, 5.74) is 13.9. The van der Waals surface area contributed by atoms with Crippen LogP contribution in [0.5, 0.6) is 0 Å². The maximum absolute atomic E-state index is 11.4. The predicted molar refractivity (Wildman–Crippen MR) is 95.0 cm³/mol. The van der Waals surface area contributed by atoms with E-state index >= 15 is 0 Å². The number of hydrogen-bond acceptors (Lipinski definition) is 2. The van der Waals surface area contributed by atoms with Crippen LogP contribution in [0.25, 0.3) is 0 Å². The van der Waals surface area contributed by atoms with E-state index in [0.29, 0.717) is 24.2 Å². The molecule has 0 saturated carbocycles. The van der Waals surface area contributed by atoms with Crippen LogP contribution in [0.2, 0.25) is 0 Å². The van der Waals surface area contributed by atoms with E-state index in [4.69, 9.17) is 11.5 Å². The Hall–Kier alpha value is -3.54. The van der Waals surface area contributed by atoms with Crippen LogP contribution in [0.1, 0.15) is 31.8 Å². The summed E-state index contributed by atoms with van der Waals surface area (Å²) < 4.78 is 3.84. The summed E-state index contributed by atoms with van der Waals surface area (Å²) in [5.74, 6) is -0.905. The predicted octanol–water partition coefficient (Wildman–Crippen LogP) is 0.556. The average Bonchev–Trinajstić information content (AvgIpc) is 2.64. The molecule has 0 aliphatic heterocycles.